The largest absolute Gasteiger partial charge is 0.478 e. The third-order valence-corrected chi connectivity index (χ3v) is 2.59. The zero-order valence-electron chi connectivity index (χ0n) is 10.4. The van der Waals surface area contributed by atoms with E-state index in [-0.39, 0.29) is 11.6 Å². The number of aliphatic hydroxyl groups excluding tert-OH is 1. The maximum atomic E-state index is 11.1. The molecule has 1 aromatic carbocycles. The van der Waals surface area contributed by atoms with Crippen molar-refractivity contribution in [3.05, 3.63) is 29.3 Å². The SMILES string of the molecule is Cc1cccc(C(=O)O)c1NC(C)CC(C)O. The Balaban J connectivity index is 2.92. The van der Waals surface area contributed by atoms with Crippen LogP contribution in [0.25, 0.3) is 0 Å². The van der Waals surface area contributed by atoms with E-state index in [9.17, 15) is 9.90 Å². The van der Waals surface area contributed by atoms with E-state index in [2.05, 4.69) is 5.32 Å². The molecular formula is C13H19NO3. The lowest BCUT2D eigenvalue weighted by Crippen LogP contribution is -2.22. The van der Waals surface area contributed by atoms with Crippen molar-refractivity contribution in [3.8, 4) is 0 Å². The maximum Gasteiger partial charge on any atom is 0.337 e. The average Bonchev–Trinajstić information content (AvgIpc) is 2.19. The summed E-state index contributed by atoms with van der Waals surface area (Å²) in [5.74, 6) is -0.944. The number of carbonyl (C=O) groups is 1. The molecule has 4 heteroatoms. The van der Waals surface area contributed by atoms with Gasteiger partial charge in [-0.25, -0.2) is 4.79 Å². The van der Waals surface area contributed by atoms with Gasteiger partial charge in [0.05, 0.1) is 17.4 Å². The van der Waals surface area contributed by atoms with Crippen LogP contribution in [0.1, 0.15) is 36.2 Å². The minimum absolute atomic E-state index is 0.0224. The second-order valence-electron chi connectivity index (χ2n) is 4.43. The Kier molecular flexibility index (Phi) is 4.52. The number of carboxylic acids is 1. The normalized spacial score (nSPS) is 14.1. The number of aryl methyl sites for hydroxylation is 1. The van der Waals surface area contributed by atoms with Crippen LogP contribution in [0.3, 0.4) is 0 Å². The number of rotatable bonds is 5. The van der Waals surface area contributed by atoms with E-state index in [1.54, 1.807) is 19.1 Å². The number of hydrogen-bond donors (Lipinski definition) is 3. The van der Waals surface area contributed by atoms with Gasteiger partial charge in [-0.2, -0.15) is 0 Å². The van der Waals surface area contributed by atoms with E-state index in [1.807, 2.05) is 19.9 Å². The van der Waals surface area contributed by atoms with Gasteiger partial charge in [-0.05, 0) is 38.8 Å². The van der Waals surface area contributed by atoms with Crippen LogP contribution in [0.5, 0.6) is 0 Å². The molecule has 0 fully saturated rings. The third kappa shape index (κ3) is 3.75. The van der Waals surface area contributed by atoms with E-state index >= 15 is 0 Å². The molecule has 0 aliphatic carbocycles. The maximum absolute atomic E-state index is 11.1. The molecule has 1 aromatic rings. The van der Waals surface area contributed by atoms with Crippen LogP contribution in [0.15, 0.2) is 18.2 Å². The monoisotopic (exact) mass is 237 g/mol. The summed E-state index contributed by atoms with van der Waals surface area (Å²) in [6.45, 7) is 5.50. The molecule has 17 heavy (non-hydrogen) atoms. The van der Waals surface area contributed by atoms with Gasteiger partial charge in [0, 0.05) is 6.04 Å². The predicted molar refractivity (Wildman–Crippen MR) is 67.5 cm³/mol. The lowest BCUT2D eigenvalue weighted by molar-refractivity contribution is 0.0698. The molecule has 2 unspecified atom stereocenters. The zero-order valence-corrected chi connectivity index (χ0v) is 10.4. The summed E-state index contributed by atoms with van der Waals surface area (Å²) in [4.78, 5) is 11.1. The van der Waals surface area contributed by atoms with Crippen molar-refractivity contribution in [1.29, 1.82) is 0 Å². The molecular weight excluding hydrogens is 218 g/mol. The number of aromatic carboxylic acids is 1. The van der Waals surface area contributed by atoms with Crippen LogP contribution in [-0.4, -0.2) is 28.3 Å². The van der Waals surface area contributed by atoms with Gasteiger partial charge in [-0.1, -0.05) is 12.1 Å². The van der Waals surface area contributed by atoms with Gasteiger partial charge in [0.1, 0.15) is 0 Å². The van der Waals surface area contributed by atoms with E-state index in [4.69, 9.17) is 5.11 Å². The first-order valence-electron chi connectivity index (χ1n) is 5.69. The molecule has 3 N–H and O–H groups in total. The Labute approximate surface area is 101 Å². The van der Waals surface area contributed by atoms with Gasteiger partial charge < -0.3 is 15.5 Å². The smallest absolute Gasteiger partial charge is 0.337 e. The summed E-state index contributed by atoms with van der Waals surface area (Å²) in [5, 5.41) is 21.5. The van der Waals surface area contributed by atoms with Gasteiger partial charge in [0.15, 0.2) is 0 Å². The minimum Gasteiger partial charge on any atom is -0.478 e. The molecule has 2 atom stereocenters. The predicted octanol–water partition coefficient (Wildman–Crippen LogP) is 2.26. The number of hydrogen-bond acceptors (Lipinski definition) is 3. The summed E-state index contributed by atoms with van der Waals surface area (Å²) in [6.07, 6.45) is 0.169. The standard InChI is InChI=1S/C13H19NO3/c1-8-5-4-6-11(13(16)17)12(8)14-9(2)7-10(3)15/h4-6,9-10,14-15H,7H2,1-3H3,(H,16,17). The average molecular weight is 237 g/mol. The first-order chi connectivity index (χ1) is 7.91. The number of anilines is 1. The Bertz CT molecular complexity index is 402. The molecule has 1 rings (SSSR count). The fraction of sp³-hybridized carbons (Fsp3) is 0.462. The molecule has 0 saturated heterocycles. The van der Waals surface area contributed by atoms with Crippen LogP contribution in [0.4, 0.5) is 5.69 Å². The summed E-state index contributed by atoms with van der Waals surface area (Å²) in [6, 6.07) is 5.19. The quantitative estimate of drug-likeness (QED) is 0.734. The van der Waals surface area contributed by atoms with Crippen molar-refractivity contribution in [2.45, 2.75) is 39.3 Å². The lowest BCUT2D eigenvalue weighted by Gasteiger charge is -2.19. The molecule has 94 valence electrons. The highest BCUT2D eigenvalue weighted by molar-refractivity contribution is 5.95. The van der Waals surface area contributed by atoms with Crippen molar-refractivity contribution in [2.75, 3.05) is 5.32 Å². The number of benzene rings is 1. The Morgan fingerprint density at radius 3 is 2.59 bits per heavy atom. The molecule has 4 nitrogen and oxygen atoms in total. The van der Waals surface area contributed by atoms with Crippen LogP contribution in [0.2, 0.25) is 0 Å². The van der Waals surface area contributed by atoms with Gasteiger partial charge in [-0.15, -0.1) is 0 Å². The van der Waals surface area contributed by atoms with Crippen LogP contribution >= 0.6 is 0 Å². The number of para-hydroxylation sites is 1. The van der Waals surface area contributed by atoms with Crippen molar-refractivity contribution in [2.24, 2.45) is 0 Å². The van der Waals surface area contributed by atoms with Gasteiger partial charge >= 0.3 is 5.97 Å². The van der Waals surface area contributed by atoms with Gasteiger partial charge in [0.2, 0.25) is 0 Å². The summed E-state index contributed by atoms with van der Waals surface area (Å²) >= 11 is 0. The second kappa shape index (κ2) is 5.68. The molecule has 0 heterocycles. The highest BCUT2D eigenvalue weighted by Gasteiger charge is 2.14. The van der Waals surface area contributed by atoms with Crippen LogP contribution < -0.4 is 5.32 Å². The summed E-state index contributed by atoms with van der Waals surface area (Å²) < 4.78 is 0. The first-order valence-corrected chi connectivity index (χ1v) is 5.69. The number of aliphatic hydroxyl groups is 1. The lowest BCUT2D eigenvalue weighted by atomic mass is 10.1. The molecule has 0 aromatic heterocycles. The van der Waals surface area contributed by atoms with Crippen molar-refractivity contribution in [1.82, 2.24) is 0 Å². The third-order valence-electron chi connectivity index (χ3n) is 2.59. The topological polar surface area (TPSA) is 69.6 Å². The Morgan fingerprint density at radius 1 is 1.41 bits per heavy atom. The van der Waals surface area contributed by atoms with Crippen molar-refractivity contribution < 1.29 is 15.0 Å². The van der Waals surface area contributed by atoms with E-state index in [0.29, 0.717) is 12.1 Å². The Hall–Kier alpha value is -1.55. The highest BCUT2D eigenvalue weighted by atomic mass is 16.4. The molecule has 0 bridgehead atoms. The van der Waals surface area contributed by atoms with E-state index < -0.39 is 12.1 Å². The van der Waals surface area contributed by atoms with Crippen molar-refractivity contribution in [3.63, 3.8) is 0 Å². The molecule has 0 spiro atoms. The molecule has 0 radical (unpaired) electrons. The van der Waals surface area contributed by atoms with Crippen molar-refractivity contribution >= 4 is 11.7 Å². The Morgan fingerprint density at radius 2 is 2.06 bits per heavy atom. The van der Waals surface area contributed by atoms with Gasteiger partial charge in [0.25, 0.3) is 0 Å². The van der Waals surface area contributed by atoms with E-state index in [0.717, 1.165) is 5.56 Å². The van der Waals surface area contributed by atoms with Gasteiger partial charge in [-0.3, -0.25) is 0 Å². The zero-order chi connectivity index (χ0) is 13.0. The number of carboxylic acid groups (broad SMARTS) is 1. The molecule has 0 aliphatic rings. The summed E-state index contributed by atoms with van der Waals surface area (Å²) in [5.41, 5.74) is 1.79. The summed E-state index contributed by atoms with van der Waals surface area (Å²) in [7, 11) is 0. The fourth-order valence-corrected chi connectivity index (χ4v) is 1.85. The fourth-order valence-electron chi connectivity index (χ4n) is 1.85. The van der Waals surface area contributed by atoms with Crippen LogP contribution in [0, 0.1) is 6.92 Å². The first kappa shape index (κ1) is 13.5. The minimum atomic E-state index is -0.944. The molecule has 0 amide bonds. The molecule has 0 aliphatic heterocycles. The highest BCUT2D eigenvalue weighted by Crippen LogP contribution is 2.22. The number of nitrogens with one attached hydrogen (secondary N) is 1. The van der Waals surface area contributed by atoms with E-state index in [1.165, 1.54) is 0 Å². The second-order valence-corrected chi connectivity index (χ2v) is 4.43. The molecule has 0 saturated carbocycles. The van der Waals surface area contributed by atoms with Crippen LogP contribution in [-0.2, 0) is 0 Å².